The fourth-order valence-electron chi connectivity index (χ4n) is 3.99. The van der Waals surface area contributed by atoms with E-state index in [9.17, 15) is 14.9 Å². The van der Waals surface area contributed by atoms with Crippen molar-refractivity contribution in [3.05, 3.63) is 52.1 Å². The average molecular weight is 423 g/mol. The monoisotopic (exact) mass is 423 g/mol. The van der Waals surface area contributed by atoms with E-state index in [1.54, 1.807) is 24.3 Å². The molecule has 1 amide bonds. The molecule has 1 aromatic heterocycles. The van der Waals surface area contributed by atoms with Crippen LogP contribution >= 0.6 is 0 Å². The minimum Gasteiger partial charge on any atom is -0.486 e. The summed E-state index contributed by atoms with van der Waals surface area (Å²) in [6, 6.07) is 9.95. The summed E-state index contributed by atoms with van der Waals surface area (Å²) in [7, 11) is 0. The average Bonchev–Trinajstić information content (AvgIpc) is 3.06. The largest absolute Gasteiger partial charge is 0.486 e. The van der Waals surface area contributed by atoms with E-state index < -0.39 is 4.92 Å². The van der Waals surface area contributed by atoms with Gasteiger partial charge in [-0.25, -0.2) is 4.98 Å². The normalized spacial score (nSPS) is 16.3. The van der Waals surface area contributed by atoms with Gasteiger partial charge < -0.3 is 24.3 Å². The Labute approximate surface area is 177 Å². The summed E-state index contributed by atoms with van der Waals surface area (Å²) >= 11 is 0. The van der Waals surface area contributed by atoms with Crippen LogP contribution in [-0.4, -0.2) is 65.1 Å². The summed E-state index contributed by atoms with van der Waals surface area (Å²) in [4.78, 5) is 35.4. The predicted octanol–water partition coefficient (Wildman–Crippen LogP) is 2.59. The minimum absolute atomic E-state index is 0.0210. The first-order valence-corrected chi connectivity index (χ1v) is 10.2. The molecular formula is C21H21N5O5. The molecule has 3 heterocycles. The van der Waals surface area contributed by atoms with E-state index in [1.807, 2.05) is 4.90 Å². The number of H-pyrrole nitrogens is 1. The Morgan fingerprint density at radius 2 is 1.97 bits per heavy atom. The van der Waals surface area contributed by atoms with Gasteiger partial charge in [0.05, 0.1) is 21.5 Å². The van der Waals surface area contributed by atoms with Gasteiger partial charge in [0.15, 0.2) is 11.5 Å². The maximum atomic E-state index is 13.2. The number of para-hydroxylation sites is 1. The number of imidazole rings is 1. The highest BCUT2D eigenvalue weighted by Gasteiger charge is 2.26. The van der Waals surface area contributed by atoms with Gasteiger partial charge in [-0.15, -0.1) is 0 Å². The molecule has 0 atom stereocenters. The molecule has 0 saturated carbocycles. The minimum atomic E-state index is -0.424. The van der Waals surface area contributed by atoms with Crippen LogP contribution in [0.3, 0.4) is 0 Å². The van der Waals surface area contributed by atoms with Crippen LogP contribution in [0, 0.1) is 10.1 Å². The third-order valence-electron chi connectivity index (χ3n) is 5.54. The Bertz CT molecular complexity index is 1160. The Morgan fingerprint density at radius 3 is 2.84 bits per heavy atom. The number of amides is 1. The predicted molar refractivity (Wildman–Crippen MR) is 113 cm³/mol. The quantitative estimate of drug-likeness (QED) is 0.509. The number of hydrogen-bond acceptors (Lipinski definition) is 7. The third-order valence-corrected chi connectivity index (χ3v) is 5.54. The fourth-order valence-corrected chi connectivity index (χ4v) is 3.99. The lowest BCUT2D eigenvalue weighted by molar-refractivity contribution is -0.384. The first kappa shape index (κ1) is 19.2. The number of hydrogen-bond donors (Lipinski definition) is 1. The molecule has 0 bridgehead atoms. The maximum Gasteiger partial charge on any atom is 0.271 e. The van der Waals surface area contributed by atoms with Gasteiger partial charge in [0.1, 0.15) is 13.2 Å². The smallest absolute Gasteiger partial charge is 0.271 e. The second-order valence-corrected chi connectivity index (χ2v) is 7.48. The van der Waals surface area contributed by atoms with Crippen molar-refractivity contribution in [3.63, 3.8) is 0 Å². The molecule has 10 nitrogen and oxygen atoms in total. The van der Waals surface area contributed by atoms with Crippen LogP contribution in [0.4, 0.5) is 11.6 Å². The molecule has 31 heavy (non-hydrogen) atoms. The Kier molecular flexibility index (Phi) is 4.81. The van der Waals surface area contributed by atoms with Crippen LogP contribution in [0.25, 0.3) is 11.0 Å². The molecule has 0 radical (unpaired) electrons. The summed E-state index contributed by atoms with van der Waals surface area (Å²) in [5.74, 6) is 1.69. The lowest BCUT2D eigenvalue weighted by Crippen LogP contribution is -2.36. The molecule has 2 aliphatic heterocycles. The van der Waals surface area contributed by atoms with Gasteiger partial charge in [-0.2, -0.15) is 0 Å². The molecule has 160 valence electrons. The molecular weight excluding hydrogens is 402 g/mol. The highest BCUT2D eigenvalue weighted by Crippen LogP contribution is 2.34. The van der Waals surface area contributed by atoms with Gasteiger partial charge in [-0.3, -0.25) is 14.9 Å². The van der Waals surface area contributed by atoms with Gasteiger partial charge in [0, 0.05) is 38.3 Å². The Balaban J connectivity index is 1.33. The number of nitro benzene ring substituents is 1. The molecule has 0 spiro atoms. The number of aromatic nitrogens is 2. The summed E-state index contributed by atoms with van der Waals surface area (Å²) in [5, 5.41) is 11.0. The number of nitro groups is 1. The van der Waals surface area contributed by atoms with E-state index in [-0.39, 0.29) is 11.6 Å². The van der Waals surface area contributed by atoms with E-state index in [1.165, 1.54) is 12.1 Å². The number of nitrogens with zero attached hydrogens (tertiary/aromatic N) is 4. The molecule has 0 unspecified atom stereocenters. The highest BCUT2D eigenvalue weighted by atomic mass is 16.6. The van der Waals surface area contributed by atoms with Crippen molar-refractivity contribution in [2.45, 2.75) is 6.42 Å². The van der Waals surface area contributed by atoms with Crippen LogP contribution in [-0.2, 0) is 0 Å². The zero-order chi connectivity index (χ0) is 21.4. The number of anilines is 1. The number of ether oxygens (including phenoxy) is 2. The van der Waals surface area contributed by atoms with E-state index >= 15 is 0 Å². The van der Waals surface area contributed by atoms with Crippen LogP contribution in [0.2, 0.25) is 0 Å². The first-order valence-electron chi connectivity index (χ1n) is 10.2. The van der Waals surface area contributed by atoms with Crippen LogP contribution in [0.15, 0.2) is 36.4 Å². The first-order chi connectivity index (χ1) is 15.1. The topological polar surface area (TPSA) is 114 Å². The molecule has 3 aromatic rings. The lowest BCUT2D eigenvalue weighted by Gasteiger charge is -2.25. The maximum absolute atomic E-state index is 13.2. The number of carbonyl (C=O) groups is 1. The molecule has 1 saturated heterocycles. The van der Waals surface area contributed by atoms with Crippen molar-refractivity contribution in [1.29, 1.82) is 0 Å². The van der Waals surface area contributed by atoms with Crippen molar-refractivity contribution in [1.82, 2.24) is 14.9 Å². The molecule has 5 rings (SSSR count). The van der Waals surface area contributed by atoms with Crippen molar-refractivity contribution in [2.24, 2.45) is 0 Å². The Morgan fingerprint density at radius 1 is 1.10 bits per heavy atom. The molecule has 10 heteroatoms. The number of rotatable bonds is 3. The van der Waals surface area contributed by atoms with E-state index in [0.717, 1.165) is 13.0 Å². The SMILES string of the molecule is O=C(c1cccc2c1OCCO2)N1CCCN(c2nc3ccc([N+](=O)[O-])cc3[nH]2)CC1. The highest BCUT2D eigenvalue weighted by molar-refractivity contribution is 5.98. The molecule has 2 aliphatic rings. The zero-order valence-electron chi connectivity index (χ0n) is 16.7. The number of carbonyl (C=O) groups excluding carboxylic acids is 1. The number of non-ortho nitro benzene ring substituents is 1. The summed E-state index contributed by atoms with van der Waals surface area (Å²) in [6.07, 6.45) is 0.773. The van der Waals surface area contributed by atoms with Gasteiger partial charge in [-0.1, -0.05) is 6.07 Å². The van der Waals surface area contributed by atoms with Crippen LogP contribution in [0.5, 0.6) is 11.5 Å². The summed E-state index contributed by atoms with van der Waals surface area (Å²) in [5.41, 5.74) is 1.83. The van der Waals surface area contributed by atoms with Crippen molar-refractivity contribution >= 4 is 28.6 Å². The van der Waals surface area contributed by atoms with Gasteiger partial charge in [0.2, 0.25) is 5.95 Å². The fraction of sp³-hybridized carbons (Fsp3) is 0.333. The summed E-state index contributed by atoms with van der Waals surface area (Å²) < 4.78 is 11.3. The molecule has 1 N–H and O–H groups in total. The number of fused-ring (bicyclic) bond motifs is 2. The van der Waals surface area contributed by atoms with Crippen molar-refractivity contribution in [2.75, 3.05) is 44.3 Å². The zero-order valence-corrected chi connectivity index (χ0v) is 16.7. The Hall–Kier alpha value is -3.82. The van der Waals surface area contributed by atoms with Crippen molar-refractivity contribution in [3.8, 4) is 11.5 Å². The van der Waals surface area contributed by atoms with Gasteiger partial charge in [0.25, 0.3) is 11.6 Å². The number of benzene rings is 2. The van der Waals surface area contributed by atoms with E-state index in [2.05, 4.69) is 14.9 Å². The van der Waals surface area contributed by atoms with Crippen LogP contribution in [0.1, 0.15) is 16.8 Å². The number of aromatic amines is 1. The number of nitrogens with one attached hydrogen (secondary N) is 1. The lowest BCUT2D eigenvalue weighted by atomic mass is 10.1. The van der Waals surface area contributed by atoms with Gasteiger partial charge in [-0.05, 0) is 24.6 Å². The van der Waals surface area contributed by atoms with E-state index in [0.29, 0.717) is 66.9 Å². The second-order valence-electron chi connectivity index (χ2n) is 7.48. The van der Waals surface area contributed by atoms with E-state index in [4.69, 9.17) is 9.47 Å². The molecule has 2 aromatic carbocycles. The second kappa shape index (κ2) is 7.78. The van der Waals surface area contributed by atoms with Crippen LogP contribution < -0.4 is 14.4 Å². The molecule has 0 aliphatic carbocycles. The standard InChI is InChI=1S/C21H21N5O5/c27-20(15-3-1-4-18-19(15)31-12-11-30-18)24-7-2-8-25(10-9-24)21-22-16-6-5-14(26(28)29)13-17(16)23-21/h1,3-6,13H,2,7-12H2,(H,22,23). The summed E-state index contributed by atoms with van der Waals surface area (Å²) in [6.45, 7) is 3.36. The van der Waals surface area contributed by atoms with Crippen molar-refractivity contribution < 1.29 is 19.2 Å². The van der Waals surface area contributed by atoms with Gasteiger partial charge >= 0.3 is 0 Å². The third kappa shape index (κ3) is 3.60. The molecule has 1 fully saturated rings.